The molecule has 148 valence electrons. The number of hydrogen-bond donors (Lipinski definition) is 1. The van der Waals surface area contributed by atoms with Crippen LogP contribution in [0.25, 0.3) is 0 Å². The quantitative estimate of drug-likeness (QED) is 0.795. The van der Waals surface area contributed by atoms with Gasteiger partial charge >= 0.3 is 0 Å². The van der Waals surface area contributed by atoms with E-state index in [2.05, 4.69) is 10.2 Å². The number of anilines is 3. The van der Waals surface area contributed by atoms with Crippen molar-refractivity contribution in [1.29, 1.82) is 0 Å². The molecule has 3 rings (SSSR count). The van der Waals surface area contributed by atoms with Gasteiger partial charge in [0.05, 0.1) is 7.11 Å². The fourth-order valence-electron chi connectivity index (χ4n) is 3.41. The van der Waals surface area contributed by atoms with Gasteiger partial charge in [-0.1, -0.05) is 6.07 Å². The molecule has 2 aromatic rings. The van der Waals surface area contributed by atoms with Crippen LogP contribution in [-0.4, -0.2) is 38.6 Å². The largest absolute Gasteiger partial charge is 0.497 e. The Morgan fingerprint density at radius 2 is 1.82 bits per heavy atom. The molecule has 1 fully saturated rings. The highest BCUT2D eigenvalue weighted by Gasteiger charge is 2.15. The molecule has 2 amide bonds. The Morgan fingerprint density at radius 3 is 2.46 bits per heavy atom. The maximum atomic E-state index is 12.4. The van der Waals surface area contributed by atoms with E-state index >= 15 is 0 Å². The van der Waals surface area contributed by atoms with E-state index in [1.165, 1.54) is 25.5 Å². The summed E-state index contributed by atoms with van der Waals surface area (Å²) in [5.74, 6) is 0.436. The molecule has 6 heteroatoms. The lowest BCUT2D eigenvalue weighted by Crippen LogP contribution is -2.31. The lowest BCUT2D eigenvalue weighted by molar-refractivity contribution is -0.117. The van der Waals surface area contributed by atoms with E-state index in [0.29, 0.717) is 12.3 Å². The molecule has 0 radical (unpaired) electrons. The van der Waals surface area contributed by atoms with Crippen LogP contribution in [0.15, 0.2) is 48.5 Å². The number of benzene rings is 2. The van der Waals surface area contributed by atoms with Gasteiger partial charge in [-0.05, 0) is 49.2 Å². The van der Waals surface area contributed by atoms with Gasteiger partial charge in [0.25, 0.3) is 0 Å². The van der Waals surface area contributed by atoms with Gasteiger partial charge in [-0.15, -0.1) is 0 Å². The molecule has 1 N–H and O–H groups in total. The van der Waals surface area contributed by atoms with Crippen molar-refractivity contribution >= 4 is 28.9 Å². The van der Waals surface area contributed by atoms with Gasteiger partial charge in [-0.3, -0.25) is 9.59 Å². The van der Waals surface area contributed by atoms with Crippen molar-refractivity contribution in [1.82, 2.24) is 0 Å². The maximum absolute atomic E-state index is 12.4. The second-order valence-corrected chi connectivity index (χ2v) is 6.91. The van der Waals surface area contributed by atoms with Crippen molar-refractivity contribution in [2.24, 2.45) is 0 Å². The summed E-state index contributed by atoms with van der Waals surface area (Å²) in [4.78, 5) is 28.3. The summed E-state index contributed by atoms with van der Waals surface area (Å²) in [6.07, 6.45) is 2.68. The van der Waals surface area contributed by atoms with Gasteiger partial charge in [0.1, 0.15) is 5.75 Å². The van der Waals surface area contributed by atoms with Crippen molar-refractivity contribution in [3.05, 3.63) is 48.5 Å². The smallest absolute Gasteiger partial charge is 0.226 e. The molecule has 1 aliphatic rings. The highest BCUT2D eigenvalue weighted by atomic mass is 16.5. The molecule has 1 saturated heterocycles. The molecule has 6 nitrogen and oxygen atoms in total. The van der Waals surface area contributed by atoms with E-state index in [1.54, 1.807) is 18.1 Å². The summed E-state index contributed by atoms with van der Waals surface area (Å²) in [5, 5.41) is 2.91. The van der Waals surface area contributed by atoms with E-state index in [0.717, 1.165) is 24.5 Å². The second-order valence-electron chi connectivity index (χ2n) is 6.91. The number of nitrogens with zero attached hydrogens (tertiary/aromatic N) is 2. The van der Waals surface area contributed by atoms with Crippen molar-refractivity contribution in [2.75, 3.05) is 41.9 Å². The van der Waals surface area contributed by atoms with Crippen LogP contribution in [0, 0.1) is 0 Å². The topological polar surface area (TPSA) is 61.9 Å². The monoisotopic (exact) mass is 381 g/mol. The van der Waals surface area contributed by atoms with Crippen molar-refractivity contribution < 1.29 is 14.3 Å². The Balaban J connectivity index is 1.56. The molecule has 2 aromatic carbocycles. The van der Waals surface area contributed by atoms with Gasteiger partial charge in [-0.2, -0.15) is 0 Å². The van der Waals surface area contributed by atoms with Crippen LogP contribution in [-0.2, 0) is 9.59 Å². The molecule has 0 bridgehead atoms. The number of nitrogens with one attached hydrogen (secondary N) is 1. The van der Waals surface area contributed by atoms with Crippen LogP contribution < -0.4 is 19.9 Å². The van der Waals surface area contributed by atoms with Gasteiger partial charge in [-0.25, -0.2) is 0 Å². The first-order chi connectivity index (χ1) is 13.6. The molecule has 1 aliphatic heterocycles. The normalized spacial score (nSPS) is 13.3. The summed E-state index contributed by atoms with van der Waals surface area (Å²) in [6, 6.07) is 15.2. The molecule has 0 aliphatic carbocycles. The van der Waals surface area contributed by atoms with Gasteiger partial charge in [0, 0.05) is 56.1 Å². The zero-order valence-corrected chi connectivity index (χ0v) is 16.5. The molecule has 0 aromatic heterocycles. The average Bonchev–Trinajstić information content (AvgIpc) is 3.23. The number of rotatable bonds is 7. The van der Waals surface area contributed by atoms with Crippen molar-refractivity contribution in [2.45, 2.75) is 26.2 Å². The lowest BCUT2D eigenvalue weighted by Gasteiger charge is -2.21. The summed E-state index contributed by atoms with van der Waals surface area (Å²) >= 11 is 0. The number of ether oxygens (including phenoxy) is 1. The summed E-state index contributed by atoms with van der Waals surface area (Å²) in [6.45, 7) is 3.99. The standard InChI is InChI=1S/C22H27N3O3/c1-17(26)25(20-6-5-7-21(16-20)28-2)15-12-22(27)23-18-8-10-19(11-9-18)24-13-3-4-14-24/h5-11,16H,3-4,12-15H2,1-2H3,(H,23,27). The average molecular weight is 381 g/mol. The Kier molecular flexibility index (Phi) is 6.53. The van der Waals surface area contributed by atoms with E-state index in [-0.39, 0.29) is 18.2 Å². The number of carbonyl (C=O) groups excluding carboxylic acids is 2. The molecule has 28 heavy (non-hydrogen) atoms. The fourth-order valence-corrected chi connectivity index (χ4v) is 3.41. The minimum Gasteiger partial charge on any atom is -0.497 e. The van der Waals surface area contributed by atoms with Gasteiger partial charge < -0.3 is 19.9 Å². The summed E-state index contributed by atoms with van der Waals surface area (Å²) in [5.41, 5.74) is 2.68. The predicted molar refractivity (Wildman–Crippen MR) is 112 cm³/mol. The Morgan fingerprint density at radius 1 is 1.11 bits per heavy atom. The number of amides is 2. The molecular formula is C22H27N3O3. The van der Waals surface area contributed by atoms with Crippen LogP contribution in [0.5, 0.6) is 5.75 Å². The Hall–Kier alpha value is -3.02. The highest BCUT2D eigenvalue weighted by Crippen LogP contribution is 2.23. The lowest BCUT2D eigenvalue weighted by atomic mass is 10.2. The highest BCUT2D eigenvalue weighted by molar-refractivity contribution is 5.95. The van der Waals surface area contributed by atoms with E-state index in [1.807, 2.05) is 42.5 Å². The van der Waals surface area contributed by atoms with E-state index < -0.39 is 0 Å². The zero-order valence-electron chi connectivity index (χ0n) is 16.5. The third kappa shape index (κ3) is 5.03. The van der Waals surface area contributed by atoms with E-state index in [9.17, 15) is 9.59 Å². The molecule has 0 atom stereocenters. The van der Waals surface area contributed by atoms with Crippen LogP contribution in [0.3, 0.4) is 0 Å². The minimum atomic E-state index is -0.122. The number of carbonyl (C=O) groups is 2. The fraction of sp³-hybridized carbons (Fsp3) is 0.364. The summed E-state index contributed by atoms with van der Waals surface area (Å²) in [7, 11) is 1.58. The van der Waals surface area contributed by atoms with Crippen LogP contribution in [0.2, 0.25) is 0 Å². The first kappa shape index (κ1) is 19.7. The zero-order chi connectivity index (χ0) is 19.9. The summed E-state index contributed by atoms with van der Waals surface area (Å²) < 4.78 is 5.22. The SMILES string of the molecule is COc1cccc(N(CCC(=O)Nc2ccc(N3CCCC3)cc2)C(C)=O)c1. The minimum absolute atomic E-state index is 0.115. The number of methoxy groups -OCH3 is 1. The van der Waals surface area contributed by atoms with Gasteiger partial charge in [0.15, 0.2) is 0 Å². The van der Waals surface area contributed by atoms with E-state index in [4.69, 9.17) is 4.74 Å². The van der Waals surface area contributed by atoms with Crippen LogP contribution >= 0.6 is 0 Å². The third-order valence-electron chi connectivity index (χ3n) is 4.93. The molecular weight excluding hydrogens is 354 g/mol. The molecule has 0 spiro atoms. The second kappa shape index (κ2) is 9.26. The first-order valence-corrected chi connectivity index (χ1v) is 9.64. The van der Waals surface area contributed by atoms with Crippen LogP contribution in [0.4, 0.5) is 17.1 Å². The number of hydrogen-bond acceptors (Lipinski definition) is 4. The molecule has 0 saturated carbocycles. The van der Waals surface area contributed by atoms with Crippen molar-refractivity contribution in [3.63, 3.8) is 0 Å². The van der Waals surface area contributed by atoms with Crippen LogP contribution in [0.1, 0.15) is 26.2 Å². The molecule has 0 unspecified atom stereocenters. The van der Waals surface area contributed by atoms with Crippen molar-refractivity contribution in [3.8, 4) is 5.75 Å². The van der Waals surface area contributed by atoms with Gasteiger partial charge in [0.2, 0.25) is 11.8 Å². The molecule has 1 heterocycles. The Bertz CT molecular complexity index is 814. The first-order valence-electron chi connectivity index (χ1n) is 9.64. The maximum Gasteiger partial charge on any atom is 0.226 e. The predicted octanol–water partition coefficient (Wildman–Crippen LogP) is 3.68. The third-order valence-corrected chi connectivity index (χ3v) is 4.93. The Labute approximate surface area is 166 Å².